The molecule has 6 heteroatoms. The van der Waals surface area contributed by atoms with Crippen LogP contribution in [0.2, 0.25) is 0 Å². The first kappa shape index (κ1) is 13.8. The molecule has 0 radical (unpaired) electrons. The summed E-state index contributed by atoms with van der Waals surface area (Å²) in [5.74, 6) is -0.0511. The van der Waals surface area contributed by atoms with Crippen LogP contribution in [0.3, 0.4) is 0 Å². The van der Waals surface area contributed by atoms with E-state index in [1.165, 1.54) is 0 Å². The molecule has 1 heterocycles. The van der Waals surface area contributed by atoms with Crippen molar-refractivity contribution in [2.75, 3.05) is 26.3 Å². The minimum atomic E-state index is -2.49. The van der Waals surface area contributed by atoms with E-state index in [0.717, 1.165) is 0 Å². The Bertz CT molecular complexity index is 284. The summed E-state index contributed by atoms with van der Waals surface area (Å²) >= 11 is 0. The third-order valence-corrected chi connectivity index (χ3v) is 2.73. The lowest BCUT2D eigenvalue weighted by molar-refractivity contribution is -0.133. The van der Waals surface area contributed by atoms with Gasteiger partial charge in [0, 0.05) is 19.0 Å². The molecule has 0 aromatic rings. The Labute approximate surface area is 99.1 Å². The van der Waals surface area contributed by atoms with Gasteiger partial charge in [-0.3, -0.25) is 4.79 Å². The van der Waals surface area contributed by atoms with Gasteiger partial charge in [0.05, 0.1) is 19.1 Å². The molecule has 1 saturated heterocycles. The second-order valence-electron chi connectivity index (χ2n) is 4.00. The Hall–Kier alpha value is -1.22. The topological polar surface area (TPSA) is 53.3 Å². The zero-order chi connectivity index (χ0) is 12.7. The van der Waals surface area contributed by atoms with E-state index in [1.807, 2.05) is 0 Å². The molecule has 0 aliphatic carbocycles. The summed E-state index contributed by atoms with van der Waals surface area (Å²) < 4.78 is 28.1. The van der Waals surface area contributed by atoms with Crippen molar-refractivity contribution in [3.05, 3.63) is 0 Å². The molecular weight excluding hydrogens is 230 g/mol. The van der Waals surface area contributed by atoms with Crippen molar-refractivity contribution in [1.82, 2.24) is 4.90 Å². The molecule has 0 bridgehead atoms. The highest BCUT2D eigenvalue weighted by Gasteiger charge is 2.22. The summed E-state index contributed by atoms with van der Waals surface area (Å²) in [5, 5.41) is 8.70. The fraction of sp³-hybridized carbons (Fsp3) is 0.818. The SMILES string of the molecule is N#CC1CCN(C(=O)CCOCC(F)F)CC1. The van der Waals surface area contributed by atoms with Crippen LogP contribution >= 0.6 is 0 Å². The number of hydrogen-bond donors (Lipinski definition) is 0. The second kappa shape index (κ2) is 7.17. The molecule has 1 rings (SSSR count). The van der Waals surface area contributed by atoms with E-state index in [0.29, 0.717) is 25.9 Å². The van der Waals surface area contributed by atoms with Crippen LogP contribution in [0.4, 0.5) is 8.78 Å². The van der Waals surface area contributed by atoms with Gasteiger partial charge in [0.1, 0.15) is 6.61 Å². The molecule has 0 unspecified atom stereocenters. The molecule has 1 fully saturated rings. The molecular formula is C11H16F2N2O2. The maximum Gasteiger partial charge on any atom is 0.261 e. The highest BCUT2D eigenvalue weighted by molar-refractivity contribution is 5.76. The molecule has 0 spiro atoms. The van der Waals surface area contributed by atoms with Crippen molar-refractivity contribution < 1.29 is 18.3 Å². The van der Waals surface area contributed by atoms with Crippen molar-refractivity contribution in [1.29, 1.82) is 5.26 Å². The van der Waals surface area contributed by atoms with Gasteiger partial charge in [0.15, 0.2) is 0 Å². The van der Waals surface area contributed by atoms with Crippen LogP contribution in [0.1, 0.15) is 19.3 Å². The summed E-state index contributed by atoms with van der Waals surface area (Å²) in [7, 11) is 0. The standard InChI is InChI=1S/C11H16F2N2O2/c12-10(13)8-17-6-3-11(16)15-4-1-9(7-14)2-5-15/h9-10H,1-6,8H2. The molecule has 1 amide bonds. The molecule has 17 heavy (non-hydrogen) atoms. The lowest BCUT2D eigenvalue weighted by atomic mass is 9.98. The lowest BCUT2D eigenvalue weighted by Gasteiger charge is -2.29. The van der Waals surface area contributed by atoms with E-state index in [9.17, 15) is 13.6 Å². The molecule has 0 aromatic heterocycles. The quantitative estimate of drug-likeness (QED) is 0.689. The number of ether oxygens (including phenoxy) is 1. The first-order chi connectivity index (χ1) is 8.13. The first-order valence-corrected chi connectivity index (χ1v) is 5.66. The molecule has 0 saturated carbocycles. The van der Waals surface area contributed by atoms with Crippen molar-refractivity contribution in [2.24, 2.45) is 5.92 Å². The summed E-state index contributed by atoms with van der Waals surface area (Å²) in [6.07, 6.45) is -0.971. The molecule has 1 aliphatic rings. The van der Waals surface area contributed by atoms with Gasteiger partial charge in [-0.15, -0.1) is 0 Å². The Morgan fingerprint density at radius 3 is 2.65 bits per heavy atom. The number of alkyl halides is 2. The molecule has 96 valence electrons. The van der Waals surface area contributed by atoms with Crippen LogP contribution in [-0.2, 0) is 9.53 Å². The van der Waals surface area contributed by atoms with E-state index < -0.39 is 13.0 Å². The van der Waals surface area contributed by atoms with E-state index in [2.05, 4.69) is 10.8 Å². The number of nitriles is 1. The molecule has 0 atom stereocenters. The number of amides is 1. The zero-order valence-electron chi connectivity index (χ0n) is 9.57. The number of nitrogens with zero attached hydrogens (tertiary/aromatic N) is 2. The van der Waals surface area contributed by atoms with Gasteiger partial charge in [0.2, 0.25) is 5.91 Å². The van der Waals surface area contributed by atoms with E-state index in [4.69, 9.17) is 5.26 Å². The third kappa shape index (κ3) is 5.09. The fourth-order valence-corrected chi connectivity index (χ4v) is 1.75. The monoisotopic (exact) mass is 246 g/mol. The highest BCUT2D eigenvalue weighted by Crippen LogP contribution is 2.16. The van der Waals surface area contributed by atoms with Gasteiger partial charge in [-0.2, -0.15) is 5.26 Å². The van der Waals surface area contributed by atoms with Gasteiger partial charge in [-0.25, -0.2) is 8.78 Å². The van der Waals surface area contributed by atoms with E-state index in [1.54, 1.807) is 4.90 Å². The minimum Gasteiger partial charge on any atom is -0.375 e. The van der Waals surface area contributed by atoms with Crippen molar-refractivity contribution >= 4 is 5.91 Å². The number of rotatable bonds is 5. The Morgan fingerprint density at radius 1 is 1.47 bits per heavy atom. The molecule has 4 nitrogen and oxygen atoms in total. The van der Waals surface area contributed by atoms with Crippen LogP contribution in [0.5, 0.6) is 0 Å². The Morgan fingerprint density at radius 2 is 2.12 bits per heavy atom. The summed E-state index contributed by atoms with van der Waals surface area (Å²) in [5.41, 5.74) is 0. The van der Waals surface area contributed by atoms with Crippen molar-refractivity contribution in [3.8, 4) is 6.07 Å². The second-order valence-corrected chi connectivity index (χ2v) is 4.00. The fourth-order valence-electron chi connectivity index (χ4n) is 1.75. The minimum absolute atomic E-state index is 0.0291. The predicted octanol–water partition coefficient (Wildman–Crippen LogP) is 1.42. The van der Waals surface area contributed by atoms with Crippen LogP contribution in [0.15, 0.2) is 0 Å². The van der Waals surface area contributed by atoms with Gasteiger partial charge in [-0.05, 0) is 12.8 Å². The number of carbonyl (C=O) groups is 1. The number of likely N-dealkylation sites (tertiary alicyclic amines) is 1. The number of hydrogen-bond acceptors (Lipinski definition) is 3. The Kier molecular flexibility index (Phi) is 5.84. The van der Waals surface area contributed by atoms with Crippen molar-refractivity contribution in [2.45, 2.75) is 25.7 Å². The smallest absolute Gasteiger partial charge is 0.261 e. The summed E-state index contributed by atoms with van der Waals surface area (Å²) in [6.45, 7) is 0.558. The first-order valence-electron chi connectivity index (χ1n) is 5.66. The van der Waals surface area contributed by atoms with E-state index >= 15 is 0 Å². The predicted molar refractivity (Wildman–Crippen MR) is 56.4 cm³/mol. The number of carbonyl (C=O) groups excluding carboxylic acids is 1. The number of halogens is 2. The van der Waals surface area contributed by atoms with Crippen LogP contribution in [0, 0.1) is 17.2 Å². The van der Waals surface area contributed by atoms with Crippen LogP contribution in [-0.4, -0.2) is 43.5 Å². The highest BCUT2D eigenvalue weighted by atomic mass is 19.3. The Balaban J connectivity index is 2.14. The largest absolute Gasteiger partial charge is 0.375 e. The summed E-state index contributed by atoms with van der Waals surface area (Å²) in [6, 6.07) is 2.18. The molecule has 0 N–H and O–H groups in total. The van der Waals surface area contributed by atoms with Crippen LogP contribution in [0.25, 0.3) is 0 Å². The van der Waals surface area contributed by atoms with Gasteiger partial charge in [0.25, 0.3) is 6.43 Å². The lowest BCUT2D eigenvalue weighted by Crippen LogP contribution is -2.38. The summed E-state index contributed by atoms with van der Waals surface area (Å²) in [4.78, 5) is 13.3. The maximum atomic E-state index is 11.7. The maximum absolute atomic E-state index is 11.7. The zero-order valence-corrected chi connectivity index (χ0v) is 9.57. The average molecular weight is 246 g/mol. The number of piperidine rings is 1. The molecule has 1 aliphatic heterocycles. The van der Waals surface area contributed by atoms with E-state index in [-0.39, 0.29) is 24.9 Å². The van der Waals surface area contributed by atoms with Gasteiger partial charge < -0.3 is 9.64 Å². The van der Waals surface area contributed by atoms with Crippen molar-refractivity contribution in [3.63, 3.8) is 0 Å². The van der Waals surface area contributed by atoms with Gasteiger partial charge in [-0.1, -0.05) is 0 Å². The molecule has 0 aromatic carbocycles. The van der Waals surface area contributed by atoms with Crippen LogP contribution < -0.4 is 0 Å². The average Bonchev–Trinajstić information content (AvgIpc) is 2.34. The third-order valence-electron chi connectivity index (χ3n) is 2.73. The normalized spacial score (nSPS) is 17.2. The van der Waals surface area contributed by atoms with Gasteiger partial charge >= 0.3 is 0 Å².